The third-order valence-corrected chi connectivity index (χ3v) is 13.4. The molecule has 3 N–H and O–H groups in total. The molecule has 8 rings (SSSR count). The summed E-state index contributed by atoms with van der Waals surface area (Å²) in [6.45, 7) is 0.0897. The highest BCUT2D eigenvalue weighted by Crippen LogP contribution is 2.46. The molecule has 304 valence electrons. The van der Waals surface area contributed by atoms with E-state index in [1.54, 1.807) is 19.1 Å². The molecule has 4 aromatic rings. The molecule has 13 nitrogen and oxygen atoms in total. The zero-order chi connectivity index (χ0) is 40.4. The smallest absolute Gasteiger partial charge is 0.259 e. The van der Waals surface area contributed by atoms with Crippen molar-refractivity contribution < 1.29 is 37.0 Å². The topological polar surface area (TPSA) is 165 Å². The Bertz CT molecular complexity index is 2330. The number of sulfonamides is 1. The van der Waals surface area contributed by atoms with Crippen LogP contribution in [0.2, 0.25) is 0 Å². The summed E-state index contributed by atoms with van der Waals surface area (Å²) in [7, 11) is -0.700. The van der Waals surface area contributed by atoms with E-state index in [1.807, 2.05) is 91.0 Å². The molecular weight excluding hydrogens is 759 g/mol. The predicted molar refractivity (Wildman–Crippen MR) is 220 cm³/mol. The van der Waals surface area contributed by atoms with Gasteiger partial charge in [-0.2, -0.15) is 0 Å². The van der Waals surface area contributed by atoms with E-state index >= 15 is 0 Å². The average Bonchev–Trinajstić information content (AvgIpc) is 4.16. The Morgan fingerprint density at radius 2 is 1.71 bits per heavy atom. The highest BCUT2D eigenvalue weighted by Gasteiger charge is 2.62. The van der Waals surface area contributed by atoms with Crippen LogP contribution in [0.15, 0.2) is 91.0 Å². The van der Waals surface area contributed by atoms with Crippen LogP contribution in [-0.2, 0) is 24.4 Å². The van der Waals surface area contributed by atoms with Crippen LogP contribution in [0.3, 0.4) is 0 Å². The zero-order valence-electron chi connectivity index (χ0n) is 32.7. The minimum Gasteiger partial charge on any atom is -0.497 e. The first-order chi connectivity index (χ1) is 28.1. The van der Waals surface area contributed by atoms with Crippen LogP contribution in [0.5, 0.6) is 17.2 Å². The van der Waals surface area contributed by atoms with E-state index in [0.29, 0.717) is 53.4 Å². The molecule has 0 bridgehead atoms. The monoisotopic (exact) mass is 807 g/mol. The fourth-order valence-corrected chi connectivity index (χ4v) is 9.46. The summed E-state index contributed by atoms with van der Waals surface area (Å²) in [4.78, 5) is 49.8. The standard InChI is InChI=1S/C44H49N5O8S/c1-55-31-16-11-15-30(22-31)45-36-17-10-5-3-4-9-14-29-26-44(29,43(52)48-58(53,54)34-19-20-34)47-41(50)39-24-33(27-49(39)42(36)51)57-40-25-37(28-12-7-6-8-13-28)46-38-23-32(56-2)18-21-35(38)40/h6-9,11-16,18,21-23,25,29,33-34,36,39,45H,3-5,10,17,19-20,24,26-27H2,1-2H3,(H,47,50)(H,48,52)/t29-,33-,36+,39+,44-/m1/s1. The number of anilines is 1. The van der Waals surface area contributed by atoms with Crippen LogP contribution in [0.1, 0.15) is 57.8 Å². The van der Waals surface area contributed by atoms with Gasteiger partial charge in [0.05, 0.1) is 37.2 Å². The molecule has 2 saturated carbocycles. The van der Waals surface area contributed by atoms with Crippen LogP contribution in [0.25, 0.3) is 22.2 Å². The number of methoxy groups -OCH3 is 2. The van der Waals surface area contributed by atoms with E-state index in [2.05, 4.69) is 15.4 Å². The molecule has 0 unspecified atom stereocenters. The second-order valence-corrected chi connectivity index (χ2v) is 17.6. The maximum atomic E-state index is 14.9. The van der Waals surface area contributed by atoms with Crippen molar-refractivity contribution in [2.24, 2.45) is 5.92 Å². The van der Waals surface area contributed by atoms with Gasteiger partial charge in [-0.05, 0) is 62.8 Å². The van der Waals surface area contributed by atoms with Crippen LogP contribution in [0, 0.1) is 5.92 Å². The summed E-state index contributed by atoms with van der Waals surface area (Å²) in [6.07, 6.45) is 8.40. The van der Waals surface area contributed by atoms with E-state index in [-0.39, 0.29) is 25.3 Å². The Hall–Kier alpha value is -5.63. The van der Waals surface area contributed by atoms with E-state index in [9.17, 15) is 22.8 Å². The Morgan fingerprint density at radius 3 is 2.48 bits per heavy atom. The van der Waals surface area contributed by atoms with Crippen molar-refractivity contribution >= 4 is 44.3 Å². The van der Waals surface area contributed by atoms with Crippen molar-refractivity contribution in [2.45, 2.75) is 86.8 Å². The molecule has 3 heterocycles. The molecule has 3 fully saturated rings. The predicted octanol–water partition coefficient (Wildman–Crippen LogP) is 5.75. The summed E-state index contributed by atoms with van der Waals surface area (Å²) >= 11 is 0. The first-order valence-corrected chi connectivity index (χ1v) is 21.6. The lowest BCUT2D eigenvalue weighted by atomic mass is 10.0. The number of nitrogens with zero attached hydrogens (tertiary/aromatic N) is 2. The Balaban J connectivity index is 1.14. The zero-order valence-corrected chi connectivity index (χ0v) is 33.5. The van der Waals surface area contributed by atoms with E-state index in [1.165, 1.54) is 0 Å². The van der Waals surface area contributed by atoms with Crippen molar-refractivity contribution in [1.29, 1.82) is 0 Å². The number of ether oxygens (including phenoxy) is 3. The van der Waals surface area contributed by atoms with E-state index in [4.69, 9.17) is 19.2 Å². The molecule has 4 aliphatic rings. The summed E-state index contributed by atoms with van der Waals surface area (Å²) in [5.74, 6) is -0.163. The quantitative estimate of drug-likeness (QED) is 0.168. The first-order valence-electron chi connectivity index (χ1n) is 20.0. The lowest BCUT2D eigenvalue weighted by Crippen LogP contribution is -2.57. The summed E-state index contributed by atoms with van der Waals surface area (Å²) < 4.78 is 45.9. The van der Waals surface area contributed by atoms with Gasteiger partial charge in [-0.15, -0.1) is 0 Å². The molecule has 0 spiro atoms. The number of amides is 3. The number of rotatable bonds is 10. The normalized spacial score (nSPS) is 25.0. The number of pyridine rings is 1. The highest BCUT2D eigenvalue weighted by atomic mass is 32.2. The van der Waals surface area contributed by atoms with Gasteiger partial charge in [0.25, 0.3) is 5.91 Å². The number of hydrogen-bond donors (Lipinski definition) is 3. The van der Waals surface area contributed by atoms with Gasteiger partial charge >= 0.3 is 0 Å². The van der Waals surface area contributed by atoms with Crippen molar-refractivity contribution in [3.8, 4) is 28.5 Å². The number of hydrogen-bond acceptors (Lipinski definition) is 10. The van der Waals surface area contributed by atoms with Gasteiger partial charge in [-0.25, -0.2) is 13.4 Å². The van der Waals surface area contributed by atoms with E-state index in [0.717, 1.165) is 36.6 Å². The summed E-state index contributed by atoms with van der Waals surface area (Å²) in [5, 5.41) is 6.52. The molecule has 2 aliphatic heterocycles. The lowest BCUT2D eigenvalue weighted by Gasteiger charge is -2.30. The van der Waals surface area contributed by atoms with Gasteiger partial charge in [0.2, 0.25) is 21.8 Å². The Kier molecular flexibility index (Phi) is 11.0. The molecule has 3 aromatic carbocycles. The van der Waals surface area contributed by atoms with Gasteiger partial charge < -0.3 is 29.7 Å². The SMILES string of the molecule is COc1cccc(N[C@H]2CCCCCC=C[C@@H]3C[C@@]3(C(=O)NS(=O)(=O)C3CC3)NC(=O)[C@@H]3C[C@@H](Oc4cc(-c5ccccc5)nc5cc(OC)ccc45)CN3C2=O)c1. The van der Waals surface area contributed by atoms with Crippen LogP contribution in [-0.4, -0.2) is 85.8 Å². The van der Waals surface area contributed by atoms with Gasteiger partial charge in [0.1, 0.15) is 41.0 Å². The molecule has 1 aromatic heterocycles. The van der Waals surface area contributed by atoms with Gasteiger partial charge in [0.15, 0.2) is 0 Å². The third kappa shape index (κ3) is 8.33. The molecule has 2 aliphatic carbocycles. The number of carbonyl (C=O) groups is 3. The first kappa shape index (κ1) is 39.2. The van der Waals surface area contributed by atoms with Crippen molar-refractivity contribution in [3.05, 3.63) is 91.0 Å². The van der Waals surface area contributed by atoms with Crippen molar-refractivity contribution in [1.82, 2.24) is 19.9 Å². The number of fused-ring (bicyclic) bond motifs is 3. The molecule has 0 radical (unpaired) electrons. The molecule has 58 heavy (non-hydrogen) atoms. The minimum absolute atomic E-state index is 0.0897. The van der Waals surface area contributed by atoms with Crippen LogP contribution >= 0.6 is 0 Å². The fourth-order valence-electron chi connectivity index (χ4n) is 8.10. The average molecular weight is 808 g/mol. The number of benzene rings is 3. The van der Waals surface area contributed by atoms with Crippen LogP contribution in [0.4, 0.5) is 5.69 Å². The second kappa shape index (κ2) is 16.3. The van der Waals surface area contributed by atoms with Gasteiger partial charge in [0, 0.05) is 47.2 Å². The fraction of sp³-hybridized carbons (Fsp3) is 0.409. The van der Waals surface area contributed by atoms with E-state index < -0.39 is 56.7 Å². The summed E-state index contributed by atoms with van der Waals surface area (Å²) in [6, 6.07) is 22.8. The largest absolute Gasteiger partial charge is 0.497 e. The third-order valence-electron chi connectivity index (χ3n) is 11.6. The molecule has 14 heteroatoms. The van der Waals surface area contributed by atoms with Crippen molar-refractivity contribution in [3.63, 3.8) is 0 Å². The van der Waals surface area contributed by atoms with Gasteiger partial charge in [-0.1, -0.05) is 61.4 Å². The highest BCUT2D eigenvalue weighted by molar-refractivity contribution is 7.91. The molecule has 1 saturated heterocycles. The molecule has 3 amide bonds. The summed E-state index contributed by atoms with van der Waals surface area (Å²) in [5.41, 5.74) is 1.46. The molecule has 5 atom stereocenters. The maximum Gasteiger partial charge on any atom is 0.259 e. The minimum atomic E-state index is -3.88. The van der Waals surface area contributed by atoms with Crippen molar-refractivity contribution in [2.75, 3.05) is 26.1 Å². The Morgan fingerprint density at radius 1 is 0.914 bits per heavy atom. The number of allylic oxidation sites excluding steroid dienone is 1. The Labute approximate surface area is 338 Å². The lowest BCUT2D eigenvalue weighted by molar-refractivity contribution is -0.140. The number of aromatic nitrogens is 1. The number of carbonyl (C=O) groups excluding carboxylic acids is 3. The van der Waals surface area contributed by atoms with Crippen LogP contribution < -0.4 is 29.6 Å². The molecular formula is C44H49N5O8S. The maximum absolute atomic E-state index is 14.9. The van der Waals surface area contributed by atoms with Gasteiger partial charge in [-0.3, -0.25) is 19.1 Å². The number of nitrogens with one attached hydrogen (secondary N) is 3. The second-order valence-electron chi connectivity index (χ2n) is 15.7.